The van der Waals surface area contributed by atoms with Crippen LogP contribution in [0.25, 0.3) is 6.08 Å². The summed E-state index contributed by atoms with van der Waals surface area (Å²) >= 11 is 0. The van der Waals surface area contributed by atoms with Gasteiger partial charge in [0.25, 0.3) is 0 Å². The Hall–Kier alpha value is -1.24. The van der Waals surface area contributed by atoms with Crippen molar-refractivity contribution in [3.63, 3.8) is 0 Å². The number of aryl methyl sites for hydroxylation is 1. The highest BCUT2D eigenvalue weighted by molar-refractivity contribution is 5.72. The van der Waals surface area contributed by atoms with Crippen molar-refractivity contribution in [2.45, 2.75) is 20.3 Å². The Balaban J connectivity index is 2.45. The third-order valence-electron chi connectivity index (χ3n) is 2.48. The molecular formula is C12H15N. The topological polar surface area (TPSA) is 12.0 Å². The lowest BCUT2D eigenvalue weighted by atomic mass is 10.0. The van der Waals surface area contributed by atoms with E-state index in [1.807, 2.05) is 0 Å². The van der Waals surface area contributed by atoms with E-state index in [2.05, 4.69) is 43.4 Å². The van der Waals surface area contributed by atoms with E-state index < -0.39 is 0 Å². The highest BCUT2D eigenvalue weighted by atomic mass is 14.9. The third kappa shape index (κ3) is 1.59. The van der Waals surface area contributed by atoms with E-state index in [0.29, 0.717) is 0 Å². The number of anilines is 1. The van der Waals surface area contributed by atoms with E-state index >= 15 is 0 Å². The van der Waals surface area contributed by atoms with Crippen molar-refractivity contribution in [2.75, 3.05) is 11.9 Å². The van der Waals surface area contributed by atoms with Gasteiger partial charge in [0.05, 0.1) is 0 Å². The van der Waals surface area contributed by atoms with E-state index in [-0.39, 0.29) is 0 Å². The van der Waals surface area contributed by atoms with Gasteiger partial charge in [0.2, 0.25) is 0 Å². The van der Waals surface area contributed by atoms with Gasteiger partial charge in [0, 0.05) is 12.2 Å². The molecule has 0 aromatic heterocycles. The minimum absolute atomic E-state index is 0.985. The van der Waals surface area contributed by atoms with E-state index in [4.69, 9.17) is 0 Å². The molecule has 0 fully saturated rings. The van der Waals surface area contributed by atoms with Crippen molar-refractivity contribution in [1.29, 1.82) is 0 Å². The van der Waals surface area contributed by atoms with Gasteiger partial charge in [0.15, 0.2) is 0 Å². The largest absolute Gasteiger partial charge is 0.381 e. The summed E-state index contributed by atoms with van der Waals surface area (Å²) in [5, 5.41) is 3.40. The lowest BCUT2D eigenvalue weighted by Gasteiger charge is -2.17. The highest BCUT2D eigenvalue weighted by Crippen LogP contribution is 2.24. The molecule has 0 bridgehead atoms. The molecule has 0 saturated heterocycles. The fraction of sp³-hybridized carbons (Fsp3) is 0.333. The van der Waals surface area contributed by atoms with Gasteiger partial charge in [-0.1, -0.05) is 24.6 Å². The van der Waals surface area contributed by atoms with Gasteiger partial charge >= 0.3 is 0 Å². The zero-order valence-corrected chi connectivity index (χ0v) is 8.22. The summed E-state index contributed by atoms with van der Waals surface area (Å²) in [5.41, 5.74) is 5.41. The first-order valence-electron chi connectivity index (χ1n) is 4.83. The first kappa shape index (κ1) is 8.36. The number of benzene rings is 1. The van der Waals surface area contributed by atoms with Crippen LogP contribution in [0.5, 0.6) is 0 Å². The molecule has 1 N–H and O–H groups in total. The van der Waals surface area contributed by atoms with E-state index in [9.17, 15) is 0 Å². The fourth-order valence-corrected chi connectivity index (χ4v) is 1.66. The van der Waals surface area contributed by atoms with Gasteiger partial charge in [0.1, 0.15) is 0 Å². The Morgan fingerprint density at radius 2 is 2.23 bits per heavy atom. The summed E-state index contributed by atoms with van der Waals surface area (Å²) in [7, 11) is 0. The summed E-state index contributed by atoms with van der Waals surface area (Å²) in [6.45, 7) is 5.33. The van der Waals surface area contributed by atoms with Crippen LogP contribution in [0.1, 0.15) is 25.0 Å². The molecule has 1 heteroatoms. The number of fused-ring (bicyclic) bond motifs is 1. The highest BCUT2D eigenvalue weighted by Gasteiger charge is 2.06. The normalized spacial score (nSPS) is 14.5. The molecule has 1 aromatic rings. The molecule has 0 spiro atoms. The second-order valence-electron chi connectivity index (χ2n) is 3.62. The van der Waals surface area contributed by atoms with E-state index in [1.165, 1.54) is 22.4 Å². The smallest absolute Gasteiger partial charge is 0.0416 e. The Morgan fingerprint density at radius 3 is 3.00 bits per heavy atom. The lowest BCUT2D eigenvalue weighted by molar-refractivity contribution is 1.13. The molecule has 0 saturated carbocycles. The van der Waals surface area contributed by atoms with Gasteiger partial charge in [-0.15, -0.1) is 0 Å². The van der Waals surface area contributed by atoms with Gasteiger partial charge in [-0.05, 0) is 36.6 Å². The summed E-state index contributed by atoms with van der Waals surface area (Å²) in [4.78, 5) is 0. The maximum Gasteiger partial charge on any atom is 0.0416 e. The minimum Gasteiger partial charge on any atom is -0.381 e. The van der Waals surface area contributed by atoms with Gasteiger partial charge in [-0.2, -0.15) is 0 Å². The Labute approximate surface area is 79.5 Å². The third-order valence-corrected chi connectivity index (χ3v) is 2.48. The van der Waals surface area contributed by atoms with Crippen molar-refractivity contribution in [2.24, 2.45) is 0 Å². The molecule has 13 heavy (non-hydrogen) atoms. The number of hydrogen-bond donors (Lipinski definition) is 1. The molecule has 0 atom stereocenters. The van der Waals surface area contributed by atoms with Gasteiger partial charge in [-0.25, -0.2) is 0 Å². The van der Waals surface area contributed by atoms with Crippen LogP contribution in [0.15, 0.2) is 23.8 Å². The van der Waals surface area contributed by atoms with E-state index in [1.54, 1.807) is 0 Å². The standard InChI is InChI=1S/C12H15N/c1-3-10-4-5-12-11(7-10)6-9(2)8-13-12/h4-7,13H,3,8H2,1-2H3. The second-order valence-corrected chi connectivity index (χ2v) is 3.62. The van der Waals surface area contributed by atoms with Crippen molar-refractivity contribution < 1.29 is 0 Å². The van der Waals surface area contributed by atoms with Crippen molar-refractivity contribution in [3.05, 3.63) is 34.9 Å². The number of hydrogen-bond acceptors (Lipinski definition) is 1. The van der Waals surface area contributed by atoms with Crippen LogP contribution in [0, 0.1) is 0 Å². The van der Waals surface area contributed by atoms with Crippen LogP contribution in [-0.2, 0) is 6.42 Å². The zero-order chi connectivity index (χ0) is 9.26. The van der Waals surface area contributed by atoms with Gasteiger partial charge < -0.3 is 5.32 Å². The SMILES string of the molecule is CCc1ccc2c(c1)C=C(C)CN2. The second kappa shape index (κ2) is 3.25. The van der Waals surface area contributed by atoms with Crippen LogP contribution in [0.2, 0.25) is 0 Å². The molecule has 0 aliphatic carbocycles. The molecule has 0 amide bonds. The molecule has 2 rings (SSSR count). The number of nitrogens with one attached hydrogen (secondary N) is 1. The van der Waals surface area contributed by atoms with E-state index in [0.717, 1.165) is 13.0 Å². The zero-order valence-electron chi connectivity index (χ0n) is 8.22. The summed E-state index contributed by atoms with van der Waals surface area (Å²) in [5.74, 6) is 0. The maximum atomic E-state index is 3.40. The summed E-state index contributed by atoms with van der Waals surface area (Å²) in [6, 6.07) is 6.64. The summed E-state index contributed by atoms with van der Waals surface area (Å²) in [6.07, 6.45) is 3.38. The minimum atomic E-state index is 0.985. The Morgan fingerprint density at radius 1 is 1.38 bits per heavy atom. The van der Waals surface area contributed by atoms with Gasteiger partial charge in [-0.3, -0.25) is 0 Å². The average molecular weight is 173 g/mol. The first-order valence-corrected chi connectivity index (χ1v) is 4.83. The van der Waals surface area contributed by atoms with Crippen LogP contribution >= 0.6 is 0 Å². The fourth-order valence-electron chi connectivity index (χ4n) is 1.66. The molecule has 0 unspecified atom stereocenters. The van der Waals surface area contributed by atoms with Crippen molar-refractivity contribution >= 4 is 11.8 Å². The van der Waals surface area contributed by atoms with Crippen LogP contribution in [0.3, 0.4) is 0 Å². The van der Waals surface area contributed by atoms with Crippen LogP contribution in [0.4, 0.5) is 5.69 Å². The molecule has 1 aromatic carbocycles. The number of rotatable bonds is 1. The quantitative estimate of drug-likeness (QED) is 0.688. The summed E-state index contributed by atoms with van der Waals surface area (Å²) < 4.78 is 0. The van der Waals surface area contributed by atoms with Crippen molar-refractivity contribution in [3.8, 4) is 0 Å². The monoisotopic (exact) mass is 173 g/mol. The molecule has 1 aliphatic rings. The van der Waals surface area contributed by atoms with Crippen molar-refractivity contribution in [1.82, 2.24) is 0 Å². The lowest BCUT2D eigenvalue weighted by Crippen LogP contribution is -2.08. The van der Waals surface area contributed by atoms with Crippen LogP contribution in [-0.4, -0.2) is 6.54 Å². The molecule has 1 aliphatic heterocycles. The Kier molecular flexibility index (Phi) is 2.09. The Bertz CT molecular complexity index is 350. The predicted molar refractivity (Wildman–Crippen MR) is 58.0 cm³/mol. The maximum absolute atomic E-state index is 3.40. The molecular weight excluding hydrogens is 158 g/mol. The molecule has 1 heterocycles. The average Bonchev–Trinajstić information content (AvgIpc) is 2.16. The molecule has 0 radical (unpaired) electrons. The molecule has 1 nitrogen and oxygen atoms in total. The molecule has 68 valence electrons. The van der Waals surface area contributed by atoms with Crippen LogP contribution < -0.4 is 5.32 Å². The first-order chi connectivity index (χ1) is 6.29. The predicted octanol–water partition coefficient (Wildman–Crippen LogP) is 3.08.